The Balaban J connectivity index is 1.69. The maximum atomic E-state index is 13.5. The topological polar surface area (TPSA) is 73.7 Å². The highest BCUT2D eigenvalue weighted by Crippen LogP contribution is 2.27. The van der Waals surface area contributed by atoms with E-state index in [1.807, 2.05) is 37.3 Å². The third kappa shape index (κ3) is 4.47. The molecule has 32 heavy (non-hydrogen) atoms. The molecule has 4 rings (SSSR count). The molecule has 2 heterocycles. The number of hydrogen-bond acceptors (Lipinski definition) is 6. The Morgan fingerprint density at radius 2 is 1.84 bits per heavy atom. The Hall–Kier alpha value is -3.35. The molecule has 1 aliphatic heterocycles. The van der Waals surface area contributed by atoms with Gasteiger partial charge in [-0.05, 0) is 43.9 Å². The molecule has 1 fully saturated rings. The number of fused-ring (bicyclic) bond motifs is 1. The fourth-order valence-electron chi connectivity index (χ4n) is 4.28. The summed E-state index contributed by atoms with van der Waals surface area (Å²) in [6.07, 6.45) is 2.08. The molecule has 0 N–H and O–H groups in total. The minimum Gasteiger partial charge on any atom is -0.494 e. The highest BCUT2D eigenvalue weighted by molar-refractivity contribution is 5.84. The zero-order chi connectivity index (χ0) is 22.5. The standard InChI is InChI=1S/C25H29N3O4/c1-3-32-24(30)19-13-15-27(16-14-19)25-26-22-20(10-7-11-21(22)31-2)23(29)28(25)17-12-18-8-5-4-6-9-18/h4-11,19H,3,12-17H2,1-2H3. The van der Waals surface area contributed by atoms with Crippen LogP contribution in [0, 0.1) is 5.92 Å². The van der Waals surface area contributed by atoms with Crippen LogP contribution in [-0.2, 0) is 22.5 Å². The van der Waals surface area contributed by atoms with Crippen molar-refractivity contribution in [1.29, 1.82) is 0 Å². The van der Waals surface area contributed by atoms with Crippen molar-refractivity contribution in [3.8, 4) is 5.75 Å². The summed E-state index contributed by atoms with van der Waals surface area (Å²) in [6.45, 7) is 4.02. The van der Waals surface area contributed by atoms with Crippen LogP contribution < -0.4 is 15.2 Å². The maximum Gasteiger partial charge on any atom is 0.309 e. The van der Waals surface area contributed by atoms with Gasteiger partial charge in [-0.3, -0.25) is 14.2 Å². The lowest BCUT2D eigenvalue weighted by atomic mass is 9.97. The number of aromatic nitrogens is 2. The monoisotopic (exact) mass is 435 g/mol. The number of methoxy groups -OCH3 is 1. The zero-order valence-corrected chi connectivity index (χ0v) is 18.6. The number of nitrogens with zero attached hydrogens (tertiary/aromatic N) is 3. The van der Waals surface area contributed by atoms with Crippen molar-refractivity contribution in [1.82, 2.24) is 9.55 Å². The maximum absolute atomic E-state index is 13.5. The van der Waals surface area contributed by atoms with Crippen LogP contribution >= 0.6 is 0 Å². The van der Waals surface area contributed by atoms with Gasteiger partial charge in [0.25, 0.3) is 5.56 Å². The third-order valence-electron chi connectivity index (χ3n) is 6.01. The summed E-state index contributed by atoms with van der Waals surface area (Å²) >= 11 is 0. The second-order valence-corrected chi connectivity index (χ2v) is 7.97. The SMILES string of the molecule is CCOC(=O)C1CCN(c2nc3c(OC)cccc3c(=O)n2CCc2ccccc2)CC1. The first-order chi connectivity index (χ1) is 15.6. The van der Waals surface area contributed by atoms with E-state index < -0.39 is 0 Å². The number of para-hydroxylation sites is 1. The molecular formula is C25H29N3O4. The summed E-state index contributed by atoms with van der Waals surface area (Å²) in [6, 6.07) is 15.5. The first-order valence-corrected chi connectivity index (χ1v) is 11.2. The van der Waals surface area contributed by atoms with Crippen LogP contribution in [0.25, 0.3) is 10.9 Å². The predicted molar refractivity (Wildman–Crippen MR) is 124 cm³/mol. The number of anilines is 1. The third-order valence-corrected chi connectivity index (χ3v) is 6.01. The lowest BCUT2D eigenvalue weighted by Gasteiger charge is -2.33. The fourth-order valence-corrected chi connectivity index (χ4v) is 4.28. The number of aryl methyl sites for hydroxylation is 1. The Labute approximate surface area is 187 Å². The van der Waals surface area contributed by atoms with Crippen molar-refractivity contribution >= 4 is 22.8 Å². The highest BCUT2D eigenvalue weighted by atomic mass is 16.5. The van der Waals surface area contributed by atoms with Crippen molar-refractivity contribution in [2.45, 2.75) is 32.7 Å². The summed E-state index contributed by atoms with van der Waals surface area (Å²) in [7, 11) is 1.59. The van der Waals surface area contributed by atoms with Crippen LogP contribution in [-0.4, -0.2) is 42.3 Å². The summed E-state index contributed by atoms with van der Waals surface area (Å²) in [5.74, 6) is 0.968. The number of carbonyl (C=O) groups excluding carboxylic acids is 1. The largest absolute Gasteiger partial charge is 0.494 e. The van der Waals surface area contributed by atoms with Gasteiger partial charge in [0, 0.05) is 19.6 Å². The van der Waals surface area contributed by atoms with Gasteiger partial charge < -0.3 is 14.4 Å². The van der Waals surface area contributed by atoms with Crippen LogP contribution in [0.2, 0.25) is 0 Å². The molecule has 7 nitrogen and oxygen atoms in total. The van der Waals surface area contributed by atoms with Crippen molar-refractivity contribution in [2.24, 2.45) is 5.92 Å². The van der Waals surface area contributed by atoms with Gasteiger partial charge in [-0.15, -0.1) is 0 Å². The molecule has 0 spiro atoms. The van der Waals surface area contributed by atoms with Crippen molar-refractivity contribution < 1.29 is 14.3 Å². The van der Waals surface area contributed by atoms with E-state index in [1.54, 1.807) is 17.7 Å². The molecular weight excluding hydrogens is 406 g/mol. The van der Waals surface area contributed by atoms with Gasteiger partial charge in [-0.1, -0.05) is 36.4 Å². The predicted octanol–water partition coefficient (Wildman–Crippen LogP) is 3.43. The first-order valence-electron chi connectivity index (χ1n) is 11.2. The van der Waals surface area contributed by atoms with E-state index in [0.29, 0.717) is 61.7 Å². The molecule has 1 aliphatic rings. The average molecular weight is 436 g/mol. The summed E-state index contributed by atoms with van der Waals surface area (Å²) < 4.78 is 12.4. The first kappa shape index (κ1) is 21.9. The van der Waals surface area contributed by atoms with Gasteiger partial charge in [0.15, 0.2) is 0 Å². The Bertz CT molecular complexity index is 1140. The molecule has 3 aromatic rings. The average Bonchev–Trinajstić information content (AvgIpc) is 2.84. The smallest absolute Gasteiger partial charge is 0.309 e. The number of esters is 1. The molecule has 2 aromatic carbocycles. The molecule has 1 aromatic heterocycles. The Kier molecular flexibility index (Phi) is 6.73. The van der Waals surface area contributed by atoms with E-state index >= 15 is 0 Å². The summed E-state index contributed by atoms with van der Waals surface area (Å²) in [5, 5.41) is 0.544. The van der Waals surface area contributed by atoms with Crippen LogP contribution in [0.5, 0.6) is 5.75 Å². The number of hydrogen-bond donors (Lipinski definition) is 0. The second-order valence-electron chi connectivity index (χ2n) is 7.97. The van der Waals surface area contributed by atoms with Gasteiger partial charge >= 0.3 is 5.97 Å². The normalized spacial score (nSPS) is 14.5. The van der Waals surface area contributed by atoms with E-state index in [0.717, 1.165) is 12.0 Å². The van der Waals surface area contributed by atoms with Gasteiger partial charge in [0.1, 0.15) is 11.3 Å². The van der Waals surface area contributed by atoms with Crippen LogP contribution in [0.1, 0.15) is 25.3 Å². The molecule has 168 valence electrons. The minimum absolute atomic E-state index is 0.0765. The van der Waals surface area contributed by atoms with E-state index in [-0.39, 0.29) is 17.4 Å². The van der Waals surface area contributed by atoms with Crippen molar-refractivity contribution in [3.05, 3.63) is 64.4 Å². The summed E-state index contributed by atoms with van der Waals surface area (Å²) in [5.41, 5.74) is 1.66. The highest BCUT2D eigenvalue weighted by Gasteiger charge is 2.28. The molecule has 0 atom stereocenters. The van der Waals surface area contributed by atoms with Crippen LogP contribution in [0.15, 0.2) is 53.3 Å². The summed E-state index contributed by atoms with van der Waals surface area (Å²) in [4.78, 5) is 32.7. The van der Waals surface area contributed by atoms with Crippen LogP contribution in [0.3, 0.4) is 0 Å². The molecule has 0 aliphatic carbocycles. The van der Waals surface area contributed by atoms with Gasteiger partial charge in [-0.2, -0.15) is 0 Å². The van der Waals surface area contributed by atoms with Crippen molar-refractivity contribution in [3.63, 3.8) is 0 Å². The molecule has 0 saturated carbocycles. The Morgan fingerprint density at radius 1 is 1.09 bits per heavy atom. The fraction of sp³-hybridized carbons (Fsp3) is 0.400. The molecule has 0 amide bonds. The molecule has 0 radical (unpaired) electrons. The minimum atomic E-state index is -0.137. The van der Waals surface area contributed by atoms with Gasteiger partial charge in [0.2, 0.25) is 5.95 Å². The van der Waals surface area contributed by atoms with E-state index in [4.69, 9.17) is 14.5 Å². The number of carbonyl (C=O) groups is 1. The zero-order valence-electron chi connectivity index (χ0n) is 18.6. The molecule has 0 bridgehead atoms. The molecule has 0 unspecified atom stereocenters. The number of benzene rings is 2. The van der Waals surface area contributed by atoms with Crippen molar-refractivity contribution in [2.75, 3.05) is 31.7 Å². The van der Waals surface area contributed by atoms with Crippen LogP contribution in [0.4, 0.5) is 5.95 Å². The van der Waals surface area contributed by atoms with E-state index in [2.05, 4.69) is 17.0 Å². The van der Waals surface area contributed by atoms with Gasteiger partial charge in [-0.25, -0.2) is 4.98 Å². The lowest BCUT2D eigenvalue weighted by molar-refractivity contribution is -0.148. The number of rotatable bonds is 7. The molecule has 7 heteroatoms. The lowest BCUT2D eigenvalue weighted by Crippen LogP contribution is -2.41. The second kappa shape index (κ2) is 9.85. The van der Waals surface area contributed by atoms with E-state index in [1.165, 1.54) is 0 Å². The number of piperidine rings is 1. The molecule has 1 saturated heterocycles. The quantitative estimate of drug-likeness (QED) is 0.530. The van der Waals surface area contributed by atoms with E-state index in [9.17, 15) is 9.59 Å². The number of ether oxygens (including phenoxy) is 2. The van der Waals surface area contributed by atoms with Gasteiger partial charge in [0.05, 0.1) is 25.0 Å². The Morgan fingerprint density at radius 3 is 2.53 bits per heavy atom.